The van der Waals surface area contributed by atoms with E-state index in [-0.39, 0.29) is 11.7 Å². The van der Waals surface area contributed by atoms with E-state index in [4.69, 9.17) is 15.4 Å². The van der Waals surface area contributed by atoms with Gasteiger partial charge in [-0.1, -0.05) is 20.3 Å². The first kappa shape index (κ1) is 15.2. The van der Waals surface area contributed by atoms with Crippen LogP contribution in [0, 0.1) is 11.8 Å². The van der Waals surface area contributed by atoms with Gasteiger partial charge in [0, 0.05) is 24.4 Å². The van der Waals surface area contributed by atoms with Crippen LogP contribution < -0.4 is 0 Å². The van der Waals surface area contributed by atoms with Crippen LogP contribution in [0.2, 0.25) is 0 Å². The van der Waals surface area contributed by atoms with Crippen molar-refractivity contribution in [2.45, 2.75) is 33.1 Å². The fraction of sp³-hybridized carbons (Fsp3) is 1.00. The highest BCUT2D eigenvalue weighted by molar-refractivity contribution is 8.13. The van der Waals surface area contributed by atoms with Crippen LogP contribution in [0.25, 0.3) is 0 Å². The van der Waals surface area contributed by atoms with Gasteiger partial charge in [-0.05, 0) is 24.7 Å². The van der Waals surface area contributed by atoms with Crippen molar-refractivity contribution in [3.05, 3.63) is 0 Å². The molecule has 0 saturated carbocycles. The highest BCUT2D eigenvalue weighted by Gasteiger charge is 2.17. The molecule has 0 bridgehead atoms. The van der Waals surface area contributed by atoms with Crippen LogP contribution >= 0.6 is 10.7 Å². The Labute approximate surface area is 97.6 Å². The van der Waals surface area contributed by atoms with Crippen LogP contribution in [0.15, 0.2) is 0 Å². The summed E-state index contributed by atoms with van der Waals surface area (Å²) in [5.41, 5.74) is 0. The zero-order chi connectivity index (χ0) is 11.9. The second kappa shape index (κ2) is 7.47. The summed E-state index contributed by atoms with van der Waals surface area (Å²) < 4.78 is 26.9. The standard InChI is InChI=1S/C10H21ClO3S/c1-9(2)4-5-10(6-7-14-3)8-15(11,12)13/h9-10H,4-8H2,1-3H3/t10-/m0/s1. The SMILES string of the molecule is COCC[C@H](CCC(C)C)CS(=O)(=O)Cl. The summed E-state index contributed by atoms with van der Waals surface area (Å²) in [6.07, 6.45) is 2.68. The molecule has 0 saturated heterocycles. The minimum atomic E-state index is -3.38. The van der Waals surface area contributed by atoms with Crippen molar-refractivity contribution in [1.29, 1.82) is 0 Å². The predicted octanol–water partition coefficient (Wildman–Crippen LogP) is 2.64. The topological polar surface area (TPSA) is 43.4 Å². The predicted molar refractivity (Wildman–Crippen MR) is 63.7 cm³/mol. The fourth-order valence-electron chi connectivity index (χ4n) is 1.45. The molecule has 92 valence electrons. The third-order valence-electron chi connectivity index (χ3n) is 2.32. The molecule has 3 nitrogen and oxygen atoms in total. The number of halogens is 1. The second-order valence-corrected chi connectivity index (χ2v) is 7.15. The third kappa shape index (κ3) is 10.5. The highest BCUT2D eigenvalue weighted by atomic mass is 35.7. The van der Waals surface area contributed by atoms with E-state index in [2.05, 4.69) is 13.8 Å². The molecule has 0 amide bonds. The lowest BCUT2D eigenvalue weighted by atomic mass is 9.97. The zero-order valence-corrected chi connectivity index (χ0v) is 11.3. The van der Waals surface area contributed by atoms with Crippen molar-refractivity contribution in [2.24, 2.45) is 11.8 Å². The van der Waals surface area contributed by atoms with Crippen molar-refractivity contribution < 1.29 is 13.2 Å². The van der Waals surface area contributed by atoms with E-state index < -0.39 is 9.05 Å². The number of rotatable bonds is 8. The monoisotopic (exact) mass is 256 g/mol. The fourth-order valence-corrected chi connectivity index (χ4v) is 2.88. The maximum atomic E-state index is 11.0. The first-order valence-electron chi connectivity index (χ1n) is 5.26. The van der Waals surface area contributed by atoms with Crippen molar-refractivity contribution in [3.8, 4) is 0 Å². The van der Waals surface area contributed by atoms with E-state index >= 15 is 0 Å². The van der Waals surface area contributed by atoms with Gasteiger partial charge in [-0.2, -0.15) is 0 Å². The van der Waals surface area contributed by atoms with Crippen LogP contribution in [0.5, 0.6) is 0 Å². The van der Waals surface area contributed by atoms with Gasteiger partial charge in [-0.15, -0.1) is 0 Å². The van der Waals surface area contributed by atoms with Gasteiger partial charge in [0.25, 0.3) is 0 Å². The molecule has 0 aromatic carbocycles. The average molecular weight is 257 g/mol. The van der Waals surface area contributed by atoms with Gasteiger partial charge < -0.3 is 4.74 Å². The second-order valence-electron chi connectivity index (χ2n) is 4.32. The molecule has 0 radical (unpaired) electrons. The molecule has 0 aliphatic carbocycles. The number of ether oxygens (including phenoxy) is 1. The molecule has 0 spiro atoms. The van der Waals surface area contributed by atoms with E-state index in [1.54, 1.807) is 7.11 Å². The summed E-state index contributed by atoms with van der Waals surface area (Å²) in [4.78, 5) is 0. The number of hydrogen-bond donors (Lipinski definition) is 0. The minimum absolute atomic E-state index is 0.0602. The molecule has 15 heavy (non-hydrogen) atoms. The molecule has 5 heteroatoms. The molecule has 0 rings (SSSR count). The van der Waals surface area contributed by atoms with Gasteiger partial charge in [-0.25, -0.2) is 8.42 Å². The van der Waals surface area contributed by atoms with E-state index in [1.165, 1.54) is 0 Å². The van der Waals surface area contributed by atoms with E-state index in [9.17, 15) is 8.42 Å². The molecule has 0 aromatic rings. The summed E-state index contributed by atoms with van der Waals surface area (Å²) in [7, 11) is 3.49. The Hall–Kier alpha value is 0.200. The highest BCUT2D eigenvalue weighted by Crippen LogP contribution is 2.19. The third-order valence-corrected chi connectivity index (χ3v) is 3.56. The molecule has 0 heterocycles. The van der Waals surface area contributed by atoms with Crippen LogP contribution in [0.4, 0.5) is 0 Å². The lowest BCUT2D eigenvalue weighted by Gasteiger charge is -2.15. The molecule has 0 unspecified atom stereocenters. The maximum Gasteiger partial charge on any atom is 0.232 e. The van der Waals surface area contributed by atoms with Crippen LogP contribution in [0.1, 0.15) is 33.1 Å². The largest absolute Gasteiger partial charge is 0.385 e. The normalized spacial score (nSPS) is 14.5. The number of hydrogen-bond acceptors (Lipinski definition) is 3. The number of methoxy groups -OCH3 is 1. The Morgan fingerprint density at radius 3 is 2.20 bits per heavy atom. The Kier molecular flexibility index (Phi) is 7.57. The van der Waals surface area contributed by atoms with Crippen LogP contribution in [-0.2, 0) is 13.8 Å². The molecule has 0 aliphatic heterocycles. The smallest absolute Gasteiger partial charge is 0.232 e. The summed E-state index contributed by atoms with van der Waals surface area (Å²) in [5.74, 6) is 0.771. The summed E-state index contributed by atoms with van der Waals surface area (Å²) in [6.45, 7) is 4.85. The lowest BCUT2D eigenvalue weighted by molar-refractivity contribution is 0.177. The summed E-state index contributed by atoms with van der Waals surface area (Å²) in [5, 5.41) is 0. The Morgan fingerprint density at radius 1 is 1.20 bits per heavy atom. The molecule has 0 fully saturated rings. The van der Waals surface area contributed by atoms with Gasteiger partial charge in [0.05, 0.1) is 5.75 Å². The molecule has 1 atom stereocenters. The van der Waals surface area contributed by atoms with Gasteiger partial charge >= 0.3 is 0 Å². The van der Waals surface area contributed by atoms with Crippen molar-refractivity contribution in [2.75, 3.05) is 19.5 Å². The van der Waals surface area contributed by atoms with Crippen molar-refractivity contribution in [1.82, 2.24) is 0 Å². The van der Waals surface area contributed by atoms with E-state index in [0.29, 0.717) is 12.5 Å². The van der Waals surface area contributed by atoms with Gasteiger partial charge in [0.15, 0.2) is 0 Å². The Balaban J connectivity index is 4.06. The zero-order valence-electron chi connectivity index (χ0n) is 9.70. The first-order valence-corrected chi connectivity index (χ1v) is 7.74. The van der Waals surface area contributed by atoms with Crippen LogP contribution in [-0.4, -0.2) is 27.9 Å². The van der Waals surface area contributed by atoms with Gasteiger partial charge in [0.1, 0.15) is 0 Å². The first-order chi connectivity index (χ1) is 6.85. The average Bonchev–Trinajstić information content (AvgIpc) is 2.07. The Bertz CT molecular complexity index is 249. The van der Waals surface area contributed by atoms with Crippen molar-refractivity contribution >= 4 is 19.7 Å². The lowest BCUT2D eigenvalue weighted by Crippen LogP contribution is -2.15. The van der Waals surface area contributed by atoms with Gasteiger partial charge in [0.2, 0.25) is 9.05 Å². The quantitative estimate of drug-likeness (QED) is 0.627. The summed E-state index contributed by atoms with van der Waals surface area (Å²) >= 11 is 0. The molecule has 0 aromatic heterocycles. The molecule has 0 aliphatic rings. The minimum Gasteiger partial charge on any atom is -0.385 e. The van der Waals surface area contributed by atoms with Gasteiger partial charge in [-0.3, -0.25) is 0 Å². The molecular formula is C10H21ClO3S. The molecule has 0 N–H and O–H groups in total. The summed E-state index contributed by atoms with van der Waals surface area (Å²) in [6, 6.07) is 0. The van der Waals surface area contributed by atoms with E-state index in [1.807, 2.05) is 0 Å². The van der Waals surface area contributed by atoms with Crippen molar-refractivity contribution in [3.63, 3.8) is 0 Å². The van der Waals surface area contributed by atoms with E-state index in [0.717, 1.165) is 19.3 Å². The van der Waals surface area contributed by atoms with Crippen LogP contribution in [0.3, 0.4) is 0 Å². The molecular weight excluding hydrogens is 236 g/mol. The maximum absolute atomic E-state index is 11.0. The Morgan fingerprint density at radius 2 is 1.80 bits per heavy atom.